The molecule has 1 aliphatic heterocycles. The Balaban J connectivity index is 1.77. The second-order valence-electron chi connectivity index (χ2n) is 7.34. The predicted molar refractivity (Wildman–Crippen MR) is 110 cm³/mol. The highest BCUT2D eigenvalue weighted by molar-refractivity contribution is 7.89. The fourth-order valence-electron chi connectivity index (χ4n) is 3.17. The number of benzene rings is 1. The van der Waals surface area contributed by atoms with Gasteiger partial charge >= 0.3 is 0 Å². The van der Waals surface area contributed by atoms with Crippen molar-refractivity contribution in [1.29, 1.82) is 0 Å². The van der Waals surface area contributed by atoms with Crippen molar-refractivity contribution >= 4 is 21.8 Å². The van der Waals surface area contributed by atoms with Gasteiger partial charge in [-0.3, -0.25) is 9.59 Å². The van der Waals surface area contributed by atoms with E-state index in [1.165, 1.54) is 4.31 Å². The molecule has 162 valence electrons. The normalized spacial score (nSPS) is 16.4. The van der Waals surface area contributed by atoms with Crippen molar-refractivity contribution in [2.24, 2.45) is 0 Å². The topological polar surface area (TPSA) is 107 Å². The van der Waals surface area contributed by atoms with Crippen LogP contribution >= 0.6 is 0 Å². The molecule has 29 heavy (non-hydrogen) atoms. The van der Waals surface area contributed by atoms with Crippen molar-refractivity contribution in [2.75, 3.05) is 32.7 Å². The van der Waals surface area contributed by atoms with Crippen LogP contribution in [0.5, 0.6) is 0 Å². The summed E-state index contributed by atoms with van der Waals surface area (Å²) in [6, 6.07) is 6.72. The van der Waals surface area contributed by atoms with Gasteiger partial charge in [-0.25, -0.2) is 8.42 Å². The molecule has 1 aromatic rings. The summed E-state index contributed by atoms with van der Waals surface area (Å²) in [6.07, 6.45) is 1.01. The molecule has 1 heterocycles. The molecule has 0 aliphatic carbocycles. The zero-order valence-electron chi connectivity index (χ0n) is 17.1. The molecule has 0 aromatic heterocycles. The molecule has 1 fully saturated rings. The lowest BCUT2D eigenvalue weighted by atomic mass is 10.2. The maximum Gasteiger partial charge on any atom is 0.243 e. The van der Waals surface area contributed by atoms with Crippen LogP contribution in [0.2, 0.25) is 0 Å². The molecule has 8 nitrogen and oxygen atoms in total. The number of hydrogen-bond acceptors (Lipinski definition) is 5. The summed E-state index contributed by atoms with van der Waals surface area (Å²) in [5.41, 5.74) is 0.989. The Morgan fingerprint density at radius 2 is 1.72 bits per heavy atom. The van der Waals surface area contributed by atoms with E-state index < -0.39 is 16.1 Å². The predicted octanol–water partition coefficient (Wildman–Crippen LogP) is 0.885. The number of carbonyl (C=O) groups excluding carboxylic acids is 2. The number of aryl methyl sites for hydroxylation is 1. The van der Waals surface area contributed by atoms with E-state index in [1.54, 1.807) is 29.2 Å². The first-order chi connectivity index (χ1) is 13.7. The van der Waals surface area contributed by atoms with Gasteiger partial charge in [-0.1, -0.05) is 31.0 Å². The van der Waals surface area contributed by atoms with Crippen LogP contribution in [0.3, 0.4) is 0 Å². The smallest absolute Gasteiger partial charge is 0.243 e. The Hall–Kier alpha value is -1.97. The molecule has 2 rings (SSSR count). The van der Waals surface area contributed by atoms with Gasteiger partial charge in [0.2, 0.25) is 21.8 Å². The monoisotopic (exact) mass is 425 g/mol. The zero-order valence-corrected chi connectivity index (χ0v) is 18.0. The van der Waals surface area contributed by atoms with Crippen LogP contribution in [-0.4, -0.2) is 73.4 Å². The van der Waals surface area contributed by atoms with Gasteiger partial charge in [0.1, 0.15) is 0 Å². The molecule has 0 spiro atoms. The summed E-state index contributed by atoms with van der Waals surface area (Å²) >= 11 is 0. The highest BCUT2D eigenvalue weighted by Crippen LogP contribution is 2.18. The average Bonchev–Trinajstić information content (AvgIpc) is 2.71. The number of hydrogen-bond donors (Lipinski definition) is 2. The van der Waals surface area contributed by atoms with E-state index in [-0.39, 0.29) is 49.2 Å². The molecule has 9 heteroatoms. The molecule has 1 aliphatic rings. The number of nitrogens with zero attached hydrogens (tertiary/aromatic N) is 2. The number of piperazine rings is 1. The van der Waals surface area contributed by atoms with Crippen LogP contribution in [0.15, 0.2) is 29.2 Å². The summed E-state index contributed by atoms with van der Waals surface area (Å²) in [5, 5.41) is 12.2. The van der Waals surface area contributed by atoms with Crippen LogP contribution in [0.1, 0.15) is 38.2 Å². The Morgan fingerprint density at radius 3 is 2.31 bits per heavy atom. The van der Waals surface area contributed by atoms with Gasteiger partial charge in [-0.2, -0.15) is 4.31 Å². The molecule has 1 aromatic carbocycles. The third kappa shape index (κ3) is 6.80. The van der Waals surface area contributed by atoms with E-state index in [0.717, 1.165) is 12.0 Å². The second kappa shape index (κ2) is 10.7. The molecule has 0 radical (unpaired) electrons. The van der Waals surface area contributed by atoms with Crippen LogP contribution in [0, 0.1) is 6.92 Å². The second-order valence-corrected chi connectivity index (χ2v) is 9.28. The lowest BCUT2D eigenvalue weighted by Gasteiger charge is -2.34. The summed E-state index contributed by atoms with van der Waals surface area (Å²) in [5.74, 6) is -0.435. The molecule has 0 unspecified atom stereocenters. The molecule has 1 atom stereocenters. The number of aliphatic hydroxyl groups excluding tert-OH is 1. The Labute approximate surface area is 172 Å². The molecular weight excluding hydrogens is 394 g/mol. The van der Waals surface area contributed by atoms with Crippen molar-refractivity contribution in [3.05, 3.63) is 29.8 Å². The molecule has 2 N–H and O–H groups in total. The minimum absolute atomic E-state index is 0.0551. The van der Waals surface area contributed by atoms with E-state index in [4.69, 9.17) is 0 Å². The van der Waals surface area contributed by atoms with Gasteiger partial charge < -0.3 is 15.3 Å². The van der Waals surface area contributed by atoms with Gasteiger partial charge in [-0.05, 0) is 25.5 Å². The lowest BCUT2D eigenvalue weighted by molar-refractivity contribution is -0.134. The maximum absolute atomic E-state index is 12.7. The summed E-state index contributed by atoms with van der Waals surface area (Å²) in [6.45, 7) is 5.12. The van der Waals surface area contributed by atoms with E-state index in [0.29, 0.717) is 19.5 Å². The van der Waals surface area contributed by atoms with Crippen LogP contribution in [-0.2, 0) is 19.6 Å². The Kier molecular flexibility index (Phi) is 8.60. The quantitative estimate of drug-likeness (QED) is 0.611. The van der Waals surface area contributed by atoms with Gasteiger partial charge in [0.15, 0.2) is 0 Å². The van der Waals surface area contributed by atoms with Crippen LogP contribution in [0.4, 0.5) is 0 Å². The highest BCUT2D eigenvalue weighted by atomic mass is 32.2. The number of nitrogens with one attached hydrogen (secondary N) is 1. The summed E-state index contributed by atoms with van der Waals surface area (Å²) in [4.78, 5) is 26.0. The van der Waals surface area contributed by atoms with Crippen molar-refractivity contribution in [1.82, 2.24) is 14.5 Å². The maximum atomic E-state index is 12.7. The third-order valence-electron chi connectivity index (χ3n) is 4.97. The first-order valence-electron chi connectivity index (χ1n) is 10.0. The Bertz CT molecular complexity index is 787. The van der Waals surface area contributed by atoms with Crippen molar-refractivity contribution < 1.29 is 23.1 Å². The van der Waals surface area contributed by atoms with Gasteiger partial charge in [0.25, 0.3) is 0 Å². The fourth-order valence-corrected chi connectivity index (χ4v) is 4.59. The number of carbonyl (C=O) groups is 2. The van der Waals surface area contributed by atoms with E-state index in [2.05, 4.69) is 5.32 Å². The molecule has 2 amide bonds. The van der Waals surface area contributed by atoms with Crippen molar-refractivity contribution in [3.63, 3.8) is 0 Å². The number of amides is 2. The standard InChI is InChI=1S/C20H31N3O5S/c1-3-4-17(24)15-21-19(25)9-10-20(26)22-11-13-23(14-12-22)29(27,28)18-7-5-16(2)6-8-18/h5-8,17,24H,3-4,9-15H2,1-2H3,(H,21,25)/t17-/m0/s1. The first-order valence-corrected chi connectivity index (χ1v) is 11.5. The number of aliphatic hydroxyl groups is 1. The number of rotatable bonds is 9. The largest absolute Gasteiger partial charge is 0.391 e. The van der Waals surface area contributed by atoms with E-state index in [9.17, 15) is 23.1 Å². The SMILES string of the molecule is CCC[C@H](O)CNC(=O)CCC(=O)N1CCN(S(=O)(=O)c2ccc(C)cc2)CC1. The Morgan fingerprint density at radius 1 is 1.10 bits per heavy atom. The van der Waals surface area contributed by atoms with Gasteiger partial charge in [0.05, 0.1) is 11.0 Å². The molecule has 0 saturated carbocycles. The third-order valence-corrected chi connectivity index (χ3v) is 6.89. The average molecular weight is 426 g/mol. The minimum atomic E-state index is -3.57. The number of sulfonamides is 1. The van der Waals surface area contributed by atoms with E-state index >= 15 is 0 Å². The first kappa shape index (κ1) is 23.3. The zero-order chi connectivity index (χ0) is 21.4. The van der Waals surface area contributed by atoms with Gasteiger partial charge in [-0.15, -0.1) is 0 Å². The summed E-state index contributed by atoms with van der Waals surface area (Å²) in [7, 11) is -3.57. The van der Waals surface area contributed by atoms with Crippen LogP contribution < -0.4 is 5.32 Å². The highest BCUT2D eigenvalue weighted by Gasteiger charge is 2.30. The summed E-state index contributed by atoms with van der Waals surface area (Å²) < 4.78 is 26.8. The van der Waals surface area contributed by atoms with Crippen molar-refractivity contribution in [3.8, 4) is 0 Å². The molecule has 0 bridgehead atoms. The fraction of sp³-hybridized carbons (Fsp3) is 0.600. The van der Waals surface area contributed by atoms with Crippen LogP contribution in [0.25, 0.3) is 0 Å². The minimum Gasteiger partial charge on any atom is -0.391 e. The lowest BCUT2D eigenvalue weighted by Crippen LogP contribution is -2.50. The van der Waals surface area contributed by atoms with Crippen molar-refractivity contribution in [2.45, 2.75) is 50.5 Å². The van der Waals surface area contributed by atoms with E-state index in [1.807, 2.05) is 13.8 Å². The molecular formula is C20H31N3O5S. The van der Waals surface area contributed by atoms with Gasteiger partial charge in [0, 0.05) is 45.6 Å². The molecule has 1 saturated heterocycles.